The van der Waals surface area contributed by atoms with E-state index in [4.69, 9.17) is 18.8 Å². The monoisotopic (exact) mass is 1000 g/mol. The van der Waals surface area contributed by atoms with E-state index in [0.29, 0.717) is 54.4 Å². The van der Waals surface area contributed by atoms with E-state index in [0.717, 1.165) is 74.7 Å². The molecule has 8 nitrogen and oxygen atoms in total. The molecule has 2 aromatic rings. The van der Waals surface area contributed by atoms with Crippen molar-refractivity contribution < 1.29 is 29.0 Å². The zero-order valence-corrected chi connectivity index (χ0v) is 48.3. The Morgan fingerprint density at radius 1 is 0.676 bits per heavy atom. The lowest BCUT2D eigenvalue weighted by molar-refractivity contribution is -0.201. The number of carbonyl (C=O) groups is 1. The molecule has 16 atom stereocenters. The SMILES string of the molecule is C=C1CCC2C3C(CC[C@]12C)[C@@]1(C)C/C(=C\O)C(=O)CC1[C@@H](O[Si](C)(C)C(C)(C)C)[C@@H]3O[Si](C)(C)C(C)(C)C.C=C1CCC2C3C(CC[C@]12C)[C@@]1(C)Cc2cnc(-c4ccccc4)nc2CC1[C@@H](O)[C@@H]3O. The summed E-state index contributed by atoms with van der Waals surface area (Å²) in [7, 11) is -4.35. The van der Waals surface area contributed by atoms with Crippen LogP contribution in [0.1, 0.15) is 145 Å². The smallest absolute Gasteiger partial charge is 0.192 e. The maximum absolute atomic E-state index is 13.4. The zero-order chi connectivity index (χ0) is 51.8. The maximum Gasteiger partial charge on any atom is 0.192 e. The van der Waals surface area contributed by atoms with E-state index >= 15 is 0 Å². The first-order chi connectivity index (χ1) is 32.9. The van der Waals surface area contributed by atoms with Gasteiger partial charge in [0.2, 0.25) is 0 Å². The van der Waals surface area contributed by atoms with E-state index < -0.39 is 28.8 Å². The second-order valence-electron chi connectivity index (χ2n) is 28.5. The van der Waals surface area contributed by atoms with Crippen LogP contribution in [0.2, 0.25) is 36.3 Å². The average molecular weight is 1010 g/mol. The number of allylic oxidation sites excluding steroid dienone is 3. The Balaban J connectivity index is 0.000000179. The maximum atomic E-state index is 13.4. The van der Waals surface area contributed by atoms with Crippen molar-refractivity contribution in [2.75, 3.05) is 0 Å². The first-order valence-corrected chi connectivity index (χ1v) is 33.6. The lowest BCUT2D eigenvalue weighted by atomic mass is 9.43. The van der Waals surface area contributed by atoms with Crippen LogP contribution >= 0.6 is 0 Å². The van der Waals surface area contributed by atoms with E-state index in [-0.39, 0.29) is 67.5 Å². The number of Topliss-reactive ketones (excluding diaryl/α,β-unsaturated/α-hetero) is 1. The highest BCUT2D eigenvalue weighted by molar-refractivity contribution is 6.74. The van der Waals surface area contributed by atoms with Gasteiger partial charge in [0, 0.05) is 29.4 Å². The van der Waals surface area contributed by atoms with Crippen molar-refractivity contribution in [1.82, 2.24) is 9.97 Å². The van der Waals surface area contributed by atoms with Crippen molar-refractivity contribution in [2.45, 2.75) is 207 Å². The average Bonchev–Trinajstić information content (AvgIpc) is 3.78. The Kier molecular flexibility index (Phi) is 13.4. The molecule has 0 saturated heterocycles. The Labute approximate surface area is 430 Å². The van der Waals surface area contributed by atoms with E-state index in [1.54, 1.807) is 0 Å². The van der Waals surface area contributed by atoms with E-state index in [1.807, 2.05) is 36.5 Å². The molecule has 71 heavy (non-hydrogen) atoms. The van der Waals surface area contributed by atoms with E-state index in [9.17, 15) is 20.1 Å². The predicted molar refractivity (Wildman–Crippen MR) is 292 cm³/mol. The summed E-state index contributed by atoms with van der Waals surface area (Å²) in [5.41, 5.74) is 6.75. The molecular formula is C61H92N2O6Si2. The third-order valence-electron chi connectivity index (χ3n) is 23.2. The highest BCUT2D eigenvalue weighted by Gasteiger charge is 2.68. The molecule has 0 spiro atoms. The number of hydrogen-bond acceptors (Lipinski definition) is 8. The van der Waals surface area contributed by atoms with E-state index in [2.05, 4.69) is 109 Å². The number of rotatable bonds is 5. The molecule has 0 aliphatic heterocycles. The van der Waals surface area contributed by atoms with Crippen LogP contribution in [0, 0.1) is 69.0 Å². The number of aliphatic hydroxyl groups is 3. The quantitative estimate of drug-likeness (QED) is 0.117. The van der Waals surface area contributed by atoms with Gasteiger partial charge in [0.05, 0.1) is 30.7 Å². The lowest BCUT2D eigenvalue weighted by Crippen LogP contribution is -2.68. The molecule has 0 bridgehead atoms. The number of aliphatic hydroxyl groups excluding tert-OH is 3. The standard InChI is InChI=1S/C33H58O4Si2.C28H34N2O2/c1-21-14-15-23-27-24(16-17-32(21,23)8)33(9)19-22(20-34)26(35)18-25(33)28(36-38(10,11)30(2,3)4)29(27)37-39(12,13)31(5,6)7;1-16-9-10-19-23-20(11-12-27(16,19)2)28(3)14-18-15-29-26(17-7-5-4-6-8-17)30-22(18)13-21(28)24(31)25(23)32/h20,23-25,27-29,34H,1,14-19H2,2-13H3;4-8,15,19-21,23-25,31-32H,1,9-14H2,2-3H3/b22-20+;/t23?,24?,25?,27?,28-,29-,32-,33-;19?,20?,21?,23?,24-,25-,27-,28-/m11/s1. The summed E-state index contributed by atoms with van der Waals surface area (Å²) in [6.07, 6.45) is 13.3. The number of fused-ring (bicyclic) bond motifs is 11. The molecule has 7 fully saturated rings. The van der Waals surface area contributed by atoms with Gasteiger partial charge >= 0.3 is 0 Å². The van der Waals surface area contributed by atoms with Gasteiger partial charge in [-0.25, -0.2) is 9.97 Å². The van der Waals surface area contributed by atoms with Crippen molar-refractivity contribution >= 4 is 22.4 Å². The molecule has 10 heteroatoms. The minimum atomic E-state index is -2.19. The Morgan fingerprint density at radius 2 is 1.20 bits per heavy atom. The van der Waals surface area contributed by atoms with Gasteiger partial charge in [-0.05, 0) is 181 Å². The number of nitrogens with zero attached hydrogens (tertiary/aromatic N) is 2. The zero-order valence-electron chi connectivity index (χ0n) is 46.3. The van der Waals surface area contributed by atoms with Gasteiger partial charge in [0.25, 0.3) is 0 Å². The van der Waals surface area contributed by atoms with Crippen molar-refractivity contribution in [1.29, 1.82) is 0 Å². The fourth-order valence-corrected chi connectivity index (χ4v) is 19.2. The minimum absolute atomic E-state index is 0.0222. The Hall–Kier alpha value is -2.74. The predicted octanol–water partition coefficient (Wildman–Crippen LogP) is 13.8. The molecular weight excluding hydrogens is 913 g/mol. The summed E-state index contributed by atoms with van der Waals surface area (Å²) in [6.45, 7) is 42.0. The molecule has 8 aliphatic rings. The van der Waals surface area contributed by atoms with Gasteiger partial charge in [-0.1, -0.05) is 124 Å². The summed E-state index contributed by atoms with van der Waals surface area (Å²) in [6, 6.07) is 10.1. The molecule has 0 radical (unpaired) electrons. The molecule has 10 rings (SSSR count). The molecule has 1 heterocycles. The lowest BCUT2D eigenvalue weighted by Gasteiger charge is -2.66. The van der Waals surface area contributed by atoms with Crippen molar-refractivity contribution in [3.8, 4) is 11.4 Å². The van der Waals surface area contributed by atoms with Crippen LogP contribution in [0.5, 0.6) is 0 Å². The Morgan fingerprint density at radius 3 is 1.75 bits per heavy atom. The molecule has 1 aromatic heterocycles. The summed E-state index contributed by atoms with van der Waals surface area (Å²) in [5, 5.41) is 33.1. The van der Waals surface area contributed by atoms with Crippen molar-refractivity contribution in [3.05, 3.63) is 83.9 Å². The first kappa shape index (κ1) is 53.1. The highest BCUT2D eigenvalue weighted by atomic mass is 28.4. The fourth-order valence-electron chi connectivity index (χ4n) is 16.5. The van der Waals surface area contributed by atoms with Gasteiger partial charge in [-0.2, -0.15) is 0 Å². The van der Waals surface area contributed by atoms with Crippen molar-refractivity contribution in [3.63, 3.8) is 0 Å². The summed E-state index contributed by atoms with van der Waals surface area (Å²) in [5.74, 6) is 3.25. The van der Waals surface area contributed by atoms with Gasteiger partial charge in [0.15, 0.2) is 28.2 Å². The number of benzene rings is 1. The van der Waals surface area contributed by atoms with Crippen molar-refractivity contribution in [2.24, 2.45) is 69.0 Å². The van der Waals surface area contributed by atoms with Crippen LogP contribution in [-0.2, 0) is 26.5 Å². The molecule has 390 valence electrons. The first-order valence-electron chi connectivity index (χ1n) is 27.8. The molecule has 8 unspecified atom stereocenters. The van der Waals surface area contributed by atoms with E-state index in [1.165, 1.54) is 23.1 Å². The topological polar surface area (TPSA) is 122 Å². The molecule has 1 aromatic carbocycles. The Bertz CT molecular complexity index is 2440. The third-order valence-corrected chi connectivity index (χ3v) is 32.1. The van der Waals surface area contributed by atoms with Gasteiger partial charge in [0.1, 0.15) is 0 Å². The normalized spacial score (nSPS) is 41.6. The summed E-state index contributed by atoms with van der Waals surface area (Å²) in [4.78, 5) is 23.0. The highest BCUT2D eigenvalue weighted by Crippen LogP contribution is 2.70. The number of hydrogen-bond donors (Lipinski definition) is 3. The van der Waals surface area contributed by atoms with Crippen LogP contribution in [0.15, 0.2) is 72.7 Å². The van der Waals surface area contributed by atoms with Crippen LogP contribution in [0.3, 0.4) is 0 Å². The van der Waals surface area contributed by atoms with Crippen LogP contribution in [-0.4, -0.2) is 72.1 Å². The molecule has 8 aliphatic carbocycles. The number of carbonyl (C=O) groups excluding carboxylic acids is 1. The second-order valence-corrected chi connectivity index (χ2v) is 38.1. The largest absolute Gasteiger partial charge is 0.515 e. The molecule has 0 amide bonds. The van der Waals surface area contributed by atoms with Crippen LogP contribution in [0.4, 0.5) is 0 Å². The van der Waals surface area contributed by atoms with Crippen LogP contribution in [0.25, 0.3) is 11.4 Å². The second kappa shape index (κ2) is 18.0. The van der Waals surface area contributed by atoms with Gasteiger partial charge in [-0.15, -0.1) is 0 Å². The van der Waals surface area contributed by atoms with Crippen LogP contribution < -0.4 is 0 Å². The summed E-state index contributed by atoms with van der Waals surface area (Å²) < 4.78 is 15.1. The van der Waals surface area contributed by atoms with Gasteiger partial charge < -0.3 is 24.2 Å². The van der Waals surface area contributed by atoms with Gasteiger partial charge in [-0.3, -0.25) is 4.79 Å². The third kappa shape index (κ3) is 8.44. The molecule has 7 saturated carbocycles. The minimum Gasteiger partial charge on any atom is -0.515 e. The molecule has 3 N–H and O–H groups in total. The fraction of sp³-hybridized carbons (Fsp3) is 0.721. The number of ketones is 1. The summed E-state index contributed by atoms with van der Waals surface area (Å²) >= 11 is 0. The number of aromatic nitrogens is 2.